The number of hydrogen-bond acceptors (Lipinski definition) is 5. The largest absolute Gasteiger partial charge is 0.378 e. The van der Waals surface area contributed by atoms with Crippen molar-refractivity contribution in [2.75, 3.05) is 13.7 Å². The molecule has 0 spiro atoms. The van der Waals surface area contributed by atoms with Gasteiger partial charge in [0.2, 0.25) is 10.0 Å². The Morgan fingerprint density at radius 1 is 1.30 bits per heavy atom. The highest BCUT2D eigenvalue weighted by Crippen LogP contribution is 2.26. The Balaban J connectivity index is 2.05. The molecule has 2 aromatic rings. The van der Waals surface area contributed by atoms with Crippen molar-refractivity contribution >= 4 is 10.0 Å². The molecule has 0 saturated heterocycles. The number of methoxy groups -OCH3 is 1. The van der Waals surface area contributed by atoms with Gasteiger partial charge in [0, 0.05) is 26.9 Å². The van der Waals surface area contributed by atoms with Crippen LogP contribution in [0.5, 0.6) is 0 Å². The lowest BCUT2D eigenvalue weighted by molar-refractivity contribution is 0.0746. The van der Waals surface area contributed by atoms with Crippen molar-refractivity contribution < 1.29 is 13.2 Å². The molecule has 0 fully saturated rings. The van der Waals surface area contributed by atoms with Crippen LogP contribution in [-0.2, 0) is 34.9 Å². The third-order valence-electron chi connectivity index (χ3n) is 4.30. The number of nitrogens with zero attached hydrogens (tertiary/aromatic N) is 5. The highest BCUT2D eigenvalue weighted by atomic mass is 32.2. The molecule has 126 valence electrons. The Kier molecular flexibility index (Phi) is 4.03. The minimum atomic E-state index is -3.66. The maximum Gasteiger partial charge on any atom is 0.247 e. The van der Waals surface area contributed by atoms with Crippen LogP contribution in [0.3, 0.4) is 0 Å². The van der Waals surface area contributed by atoms with Crippen molar-refractivity contribution in [1.29, 1.82) is 0 Å². The zero-order valence-corrected chi connectivity index (χ0v) is 14.5. The Bertz CT molecular complexity index is 824. The fraction of sp³-hybridized carbons (Fsp3) is 0.571. The summed E-state index contributed by atoms with van der Waals surface area (Å²) in [7, 11) is -0.326. The lowest BCUT2D eigenvalue weighted by Gasteiger charge is -2.23. The van der Waals surface area contributed by atoms with Gasteiger partial charge in [0.05, 0.1) is 36.3 Å². The van der Waals surface area contributed by atoms with E-state index in [1.807, 2.05) is 6.07 Å². The Morgan fingerprint density at radius 2 is 2.04 bits per heavy atom. The maximum atomic E-state index is 13.2. The van der Waals surface area contributed by atoms with E-state index in [4.69, 9.17) is 4.74 Å². The highest BCUT2D eigenvalue weighted by Gasteiger charge is 2.34. The molecule has 0 bridgehead atoms. The molecule has 0 amide bonds. The van der Waals surface area contributed by atoms with Gasteiger partial charge in [-0.2, -0.15) is 14.5 Å². The lowest BCUT2D eigenvalue weighted by atomic mass is 10.3. The van der Waals surface area contributed by atoms with Crippen molar-refractivity contribution in [2.24, 2.45) is 7.05 Å². The van der Waals surface area contributed by atoms with E-state index in [1.54, 1.807) is 43.6 Å². The molecule has 3 rings (SSSR count). The Morgan fingerprint density at radius 3 is 2.65 bits per heavy atom. The highest BCUT2D eigenvalue weighted by molar-refractivity contribution is 7.89. The van der Waals surface area contributed by atoms with Gasteiger partial charge in [0.15, 0.2) is 0 Å². The van der Waals surface area contributed by atoms with Crippen LogP contribution in [-0.4, -0.2) is 52.0 Å². The number of fused-ring (bicyclic) bond motifs is 1. The van der Waals surface area contributed by atoms with Gasteiger partial charge < -0.3 is 4.74 Å². The Labute approximate surface area is 135 Å². The third kappa shape index (κ3) is 2.68. The van der Waals surface area contributed by atoms with E-state index >= 15 is 0 Å². The fourth-order valence-electron chi connectivity index (χ4n) is 2.97. The monoisotopic (exact) mass is 339 g/mol. The first kappa shape index (κ1) is 16.2. The summed E-state index contributed by atoms with van der Waals surface area (Å²) in [5.41, 5.74) is 2.00. The zero-order chi connectivity index (χ0) is 16.8. The van der Waals surface area contributed by atoms with Crippen molar-refractivity contribution in [1.82, 2.24) is 23.9 Å². The molecular weight excluding hydrogens is 318 g/mol. The molecule has 0 N–H and O–H groups in total. The SMILES string of the molecule is CO[C@H]1CN(S(=O)(=O)c2c(C)nn(C)c2C)Cc2ccnn2C1. The lowest BCUT2D eigenvalue weighted by Crippen LogP contribution is -2.37. The molecule has 0 saturated carbocycles. The first-order valence-electron chi connectivity index (χ1n) is 7.38. The molecule has 1 aliphatic heterocycles. The molecule has 1 aliphatic rings. The quantitative estimate of drug-likeness (QED) is 0.811. The summed E-state index contributed by atoms with van der Waals surface area (Å²) in [4.78, 5) is 0.280. The van der Waals surface area contributed by atoms with Gasteiger partial charge in [-0.15, -0.1) is 0 Å². The minimum Gasteiger partial charge on any atom is -0.378 e. The van der Waals surface area contributed by atoms with Crippen LogP contribution in [0.25, 0.3) is 0 Å². The summed E-state index contributed by atoms with van der Waals surface area (Å²) >= 11 is 0. The van der Waals surface area contributed by atoms with E-state index < -0.39 is 10.0 Å². The predicted molar refractivity (Wildman–Crippen MR) is 83.3 cm³/mol. The molecule has 0 aliphatic carbocycles. The van der Waals surface area contributed by atoms with Crippen molar-refractivity contribution in [3.63, 3.8) is 0 Å². The van der Waals surface area contributed by atoms with Crippen molar-refractivity contribution in [2.45, 2.75) is 37.9 Å². The number of sulfonamides is 1. The molecule has 0 radical (unpaired) electrons. The van der Waals surface area contributed by atoms with Crippen molar-refractivity contribution in [3.05, 3.63) is 29.3 Å². The van der Waals surface area contributed by atoms with Gasteiger partial charge in [-0.1, -0.05) is 0 Å². The smallest absolute Gasteiger partial charge is 0.247 e. The molecule has 0 unspecified atom stereocenters. The molecule has 1 atom stereocenters. The van der Waals surface area contributed by atoms with E-state index in [0.717, 1.165) is 5.69 Å². The van der Waals surface area contributed by atoms with Gasteiger partial charge >= 0.3 is 0 Å². The molecule has 2 aromatic heterocycles. The molecule has 8 nitrogen and oxygen atoms in total. The van der Waals surface area contributed by atoms with Crippen LogP contribution >= 0.6 is 0 Å². The van der Waals surface area contributed by atoms with Crippen LogP contribution in [0.1, 0.15) is 17.1 Å². The van der Waals surface area contributed by atoms with Crippen LogP contribution in [0.4, 0.5) is 0 Å². The van der Waals surface area contributed by atoms with Gasteiger partial charge in [-0.05, 0) is 19.9 Å². The molecule has 0 aromatic carbocycles. The summed E-state index contributed by atoms with van der Waals surface area (Å²) in [6.45, 7) is 4.58. The van der Waals surface area contributed by atoms with Crippen LogP contribution in [0.15, 0.2) is 17.2 Å². The topological polar surface area (TPSA) is 82.2 Å². The molecule has 9 heteroatoms. The van der Waals surface area contributed by atoms with Gasteiger partial charge in [-0.3, -0.25) is 9.36 Å². The van der Waals surface area contributed by atoms with Gasteiger partial charge in [-0.25, -0.2) is 8.42 Å². The van der Waals surface area contributed by atoms with Crippen LogP contribution in [0, 0.1) is 13.8 Å². The third-order valence-corrected chi connectivity index (χ3v) is 6.37. The second kappa shape index (κ2) is 5.73. The summed E-state index contributed by atoms with van der Waals surface area (Å²) < 4.78 is 36.6. The maximum absolute atomic E-state index is 13.2. The second-order valence-corrected chi connectivity index (χ2v) is 7.66. The normalized spacial score (nSPS) is 19.6. The standard InChI is InChI=1S/C14H21N5O3S/c1-10-14(11(2)17(3)16-10)23(20,21)18-7-12-5-6-15-19(12)9-13(8-18)22-4/h5-6,13H,7-9H2,1-4H3/t13-/m0/s1. The second-order valence-electron chi connectivity index (χ2n) is 5.78. The average molecular weight is 339 g/mol. The number of rotatable bonds is 3. The minimum absolute atomic E-state index is 0.247. The van der Waals surface area contributed by atoms with Gasteiger partial charge in [0.1, 0.15) is 4.90 Å². The first-order valence-corrected chi connectivity index (χ1v) is 8.82. The average Bonchev–Trinajstić information content (AvgIpc) is 2.96. The zero-order valence-electron chi connectivity index (χ0n) is 13.7. The van der Waals surface area contributed by atoms with Crippen LogP contribution in [0.2, 0.25) is 0 Å². The summed E-state index contributed by atoms with van der Waals surface area (Å²) in [5.74, 6) is 0. The fourth-order valence-corrected chi connectivity index (χ4v) is 4.81. The molecule has 23 heavy (non-hydrogen) atoms. The van der Waals surface area contributed by atoms with E-state index in [-0.39, 0.29) is 24.1 Å². The van der Waals surface area contributed by atoms with Crippen molar-refractivity contribution in [3.8, 4) is 0 Å². The Hall–Kier alpha value is -1.71. The van der Waals surface area contributed by atoms with Gasteiger partial charge in [0.25, 0.3) is 0 Å². The number of ether oxygens (including phenoxy) is 1. The van der Waals surface area contributed by atoms with Crippen LogP contribution < -0.4 is 0 Å². The number of aromatic nitrogens is 4. The van der Waals surface area contributed by atoms with E-state index in [2.05, 4.69) is 10.2 Å². The summed E-state index contributed by atoms with van der Waals surface area (Å²) in [6.07, 6.45) is 1.43. The van der Waals surface area contributed by atoms with E-state index in [1.165, 1.54) is 4.31 Å². The van der Waals surface area contributed by atoms with E-state index in [0.29, 0.717) is 17.9 Å². The van der Waals surface area contributed by atoms with E-state index in [9.17, 15) is 8.42 Å². The number of hydrogen-bond donors (Lipinski definition) is 0. The number of aryl methyl sites for hydroxylation is 2. The summed E-state index contributed by atoms with van der Waals surface area (Å²) in [6, 6.07) is 1.84. The molecule has 3 heterocycles. The first-order chi connectivity index (χ1) is 10.8. The predicted octanol–water partition coefficient (Wildman–Crippen LogP) is 0.453. The molecular formula is C14H21N5O3S. The summed E-state index contributed by atoms with van der Waals surface area (Å²) in [5, 5.41) is 8.47.